The summed E-state index contributed by atoms with van der Waals surface area (Å²) in [5.41, 5.74) is 13.7. The van der Waals surface area contributed by atoms with Gasteiger partial charge in [0.05, 0.1) is 24.0 Å². The van der Waals surface area contributed by atoms with Crippen LogP contribution in [0.3, 0.4) is 0 Å². The van der Waals surface area contributed by atoms with Gasteiger partial charge in [0.25, 0.3) is 0 Å². The first-order valence-electron chi connectivity index (χ1n) is 26.9. The first kappa shape index (κ1) is 45.8. The van der Waals surface area contributed by atoms with Crippen LogP contribution in [0.2, 0.25) is 0 Å². The Morgan fingerprint density at radius 1 is 0.385 bits per heavy atom. The molecule has 0 aromatic heterocycles. The molecule has 0 aromatic rings. The highest BCUT2D eigenvalue weighted by atomic mass is 16.5. The van der Waals surface area contributed by atoms with Crippen molar-refractivity contribution in [2.75, 3.05) is 34.4 Å². The summed E-state index contributed by atoms with van der Waals surface area (Å²) in [7, 11) is 6.22. The summed E-state index contributed by atoms with van der Waals surface area (Å²) in [4.78, 5) is 35.0. The van der Waals surface area contributed by atoms with Crippen LogP contribution in [-0.2, 0) is 33.3 Å². The topological polar surface area (TPSA) is 176 Å². The number of hydrogen-bond acceptors (Lipinski definition) is 12. The zero-order valence-corrected chi connectivity index (χ0v) is 40.3. The second kappa shape index (κ2) is 17.3. The van der Waals surface area contributed by atoms with Crippen molar-refractivity contribution in [2.45, 2.75) is 213 Å². The molecule has 18 atom stereocenters. The molecule has 0 aromatic carbocycles. The van der Waals surface area contributed by atoms with Gasteiger partial charge in [0.1, 0.15) is 18.0 Å². The number of esters is 2. The molecule has 18 unspecified atom stereocenters. The third-order valence-corrected chi connectivity index (χ3v) is 20.8. The summed E-state index contributed by atoms with van der Waals surface area (Å²) >= 11 is 0. The number of hydrogen-bond donors (Lipinski definition) is 5. The Bertz CT molecular complexity index is 1760. The first-order valence-corrected chi connectivity index (χ1v) is 26.9. The average molecular weight is 904 g/mol. The Labute approximate surface area is 389 Å². The van der Waals surface area contributed by atoms with Crippen LogP contribution in [0.1, 0.15) is 161 Å². The van der Waals surface area contributed by atoms with Gasteiger partial charge >= 0.3 is 11.9 Å². The quantitative estimate of drug-likeness (QED) is 0.206. The molecule has 7 N–H and O–H groups in total. The van der Waals surface area contributed by atoms with Crippen molar-refractivity contribution in [1.82, 2.24) is 16.0 Å². The molecule has 8 aliphatic heterocycles. The molecule has 0 radical (unpaired) electrons. The van der Waals surface area contributed by atoms with Crippen LogP contribution in [-0.4, -0.2) is 104 Å². The average Bonchev–Trinajstić information content (AvgIpc) is 3.74. The summed E-state index contributed by atoms with van der Waals surface area (Å²) in [5, 5.41) is 10.5. The third-order valence-electron chi connectivity index (χ3n) is 20.8. The Morgan fingerprint density at radius 3 is 1.32 bits per heavy atom. The number of ether oxygens (including phenoxy) is 4. The van der Waals surface area contributed by atoms with Gasteiger partial charge in [0.2, 0.25) is 0 Å². The van der Waals surface area contributed by atoms with Gasteiger partial charge in [0.15, 0.2) is 0 Å². The highest BCUT2D eigenvalue weighted by Gasteiger charge is 2.56. The van der Waals surface area contributed by atoms with E-state index < -0.39 is 0 Å². The molecule has 12 aliphatic carbocycles. The molecule has 20 bridgehead atoms. The first-order chi connectivity index (χ1) is 31.1. The van der Waals surface area contributed by atoms with Gasteiger partial charge in [-0.05, 0) is 210 Å². The van der Waals surface area contributed by atoms with Crippen molar-refractivity contribution in [3.63, 3.8) is 0 Å². The fourth-order valence-electron chi connectivity index (χ4n) is 18.9. The number of rotatable bonds is 3. The molecular formula is C53H85N5O7. The van der Waals surface area contributed by atoms with Gasteiger partial charge in [-0.1, -0.05) is 0 Å². The number of nitrogens with two attached hydrogens (primary N) is 2. The molecular weight excluding hydrogens is 819 g/mol. The number of ketones is 1. The van der Waals surface area contributed by atoms with Crippen LogP contribution in [0.4, 0.5) is 0 Å². The molecule has 8 saturated heterocycles. The molecule has 20 rings (SSSR count). The molecule has 20 aliphatic rings. The van der Waals surface area contributed by atoms with E-state index in [9.17, 15) is 14.4 Å². The van der Waals surface area contributed by atoms with Crippen molar-refractivity contribution in [3.8, 4) is 0 Å². The lowest BCUT2D eigenvalue weighted by Gasteiger charge is -2.55. The SMILES string of the molecule is CNC12CC3CC(C1)C(=O)C(C3)C2.CNC12CC3CC(C1)OC(=O)C(C3)C2.CNC12CC3COC(CC(C3)C1)C2.NC12CC3CC(C1)OC(=O)C(C3)C2.NC12CC3COC(CC(C3)C1)C2. The van der Waals surface area contributed by atoms with E-state index in [1.807, 2.05) is 7.05 Å². The standard InChI is InChI=1S/C11H17NO2.C11H19NO.C11H17NO.C10H15NO2.C10H17NO/c1-12-11-4-7-2-8(5-11)10(13)14-9(3-7)6-11;1-12-11-4-8-2-9(5-11)7-13-10(3-8)6-11;1-12-11-4-7-2-8(5-11)10(13)9(3-7)6-11;11-10-3-6-1-7(4-10)9(12)13-8(2-6)5-10;11-10-3-7-1-8(4-10)6-12-9(2-7)5-10/h7-9,12H,2-6H2,1H3;8-10,12H,2-7H2,1H3;7-9,12H,2-6H2,1H3;6-8H,1-5,11H2;7-9H,1-6,11H2. The maximum Gasteiger partial charge on any atom is 0.309 e. The minimum Gasteiger partial charge on any atom is -0.462 e. The third kappa shape index (κ3) is 9.28. The molecule has 12 heteroatoms. The van der Waals surface area contributed by atoms with Gasteiger partial charge in [-0.3, -0.25) is 14.4 Å². The Balaban J connectivity index is 0.0000000902. The number of fused-ring (bicyclic) bond motifs is 4. The van der Waals surface area contributed by atoms with Crippen LogP contribution in [0.25, 0.3) is 0 Å². The maximum absolute atomic E-state index is 11.8. The smallest absolute Gasteiger partial charge is 0.309 e. The van der Waals surface area contributed by atoms with Crippen molar-refractivity contribution < 1.29 is 33.3 Å². The minimum atomic E-state index is -0.0807. The van der Waals surface area contributed by atoms with Crippen LogP contribution < -0.4 is 27.4 Å². The number of carbonyl (C=O) groups is 3. The number of Topliss-reactive ketones (excluding diaryl/α,β-unsaturated/α-hetero) is 1. The second-order valence-electron chi connectivity index (χ2n) is 26.0. The van der Waals surface area contributed by atoms with Gasteiger partial charge in [-0.15, -0.1) is 0 Å². The summed E-state index contributed by atoms with van der Waals surface area (Å²) in [6.45, 7) is 2.02. The molecule has 364 valence electrons. The fourth-order valence-corrected chi connectivity index (χ4v) is 18.9. The predicted molar refractivity (Wildman–Crippen MR) is 247 cm³/mol. The van der Waals surface area contributed by atoms with Crippen LogP contribution in [0.15, 0.2) is 0 Å². The lowest BCUT2D eigenvalue weighted by molar-refractivity contribution is -0.152. The zero-order chi connectivity index (χ0) is 44.9. The van der Waals surface area contributed by atoms with Gasteiger partial charge in [-0.2, -0.15) is 0 Å². The Morgan fingerprint density at radius 2 is 0.738 bits per heavy atom. The molecule has 12 nitrogen and oxygen atoms in total. The number of carbonyl (C=O) groups excluding carboxylic acids is 3. The maximum atomic E-state index is 11.8. The van der Waals surface area contributed by atoms with E-state index in [-0.39, 0.29) is 52.6 Å². The van der Waals surface area contributed by atoms with E-state index in [0.29, 0.717) is 52.7 Å². The summed E-state index contributed by atoms with van der Waals surface area (Å²) in [6.07, 6.45) is 30.8. The van der Waals surface area contributed by atoms with Gasteiger partial charge < -0.3 is 46.4 Å². The van der Waals surface area contributed by atoms with E-state index in [4.69, 9.17) is 30.4 Å². The molecule has 20 fully saturated rings. The van der Waals surface area contributed by atoms with E-state index >= 15 is 0 Å². The largest absolute Gasteiger partial charge is 0.462 e. The predicted octanol–water partition coefficient (Wildman–Crippen LogP) is 6.10. The van der Waals surface area contributed by atoms with E-state index in [0.717, 1.165) is 120 Å². The minimum absolute atomic E-state index is 0.0134. The molecule has 0 spiro atoms. The number of nitrogens with one attached hydrogen (secondary N) is 3. The van der Waals surface area contributed by atoms with Crippen LogP contribution in [0.5, 0.6) is 0 Å². The fraction of sp³-hybridized carbons (Fsp3) is 0.943. The molecule has 65 heavy (non-hydrogen) atoms. The Hall–Kier alpha value is -1.67. The van der Waals surface area contributed by atoms with Crippen molar-refractivity contribution in [2.24, 2.45) is 76.6 Å². The monoisotopic (exact) mass is 904 g/mol. The lowest BCUT2D eigenvalue weighted by Crippen LogP contribution is -2.60. The zero-order valence-electron chi connectivity index (χ0n) is 40.3. The summed E-state index contributed by atoms with van der Waals surface area (Å²) < 4.78 is 22.6. The van der Waals surface area contributed by atoms with Crippen LogP contribution >= 0.6 is 0 Å². The second-order valence-corrected chi connectivity index (χ2v) is 26.0. The van der Waals surface area contributed by atoms with E-state index in [1.54, 1.807) is 0 Å². The van der Waals surface area contributed by atoms with Crippen LogP contribution in [0, 0.1) is 65.1 Å². The Kier molecular flexibility index (Phi) is 12.2. The van der Waals surface area contributed by atoms with Gasteiger partial charge in [-0.25, -0.2) is 0 Å². The summed E-state index contributed by atoms with van der Waals surface area (Å²) in [6, 6.07) is 0. The normalized spacial score (nSPS) is 53.4. The molecule has 12 saturated carbocycles. The van der Waals surface area contributed by atoms with E-state index in [2.05, 4.69) is 30.0 Å². The van der Waals surface area contributed by atoms with Crippen molar-refractivity contribution >= 4 is 17.7 Å². The highest BCUT2D eigenvalue weighted by molar-refractivity contribution is 5.86. The van der Waals surface area contributed by atoms with Crippen molar-refractivity contribution in [1.29, 1.82) is 0 Å². The molecule has 0 amide bonds. The summed E-state index contributed by atoms with van der Waals surface area (Å²) in [5.74, 6) is 7.45. The molecule has 8 heterocycles. The van der Waals surface area contributed by atoms with Crippen molar-refractivity contribution in [3.05, 3.63) is 0 Å². The highest BCUT2D eigenvalue weighted by Crippen LogP contribution is 2.55. The van der Waals surface area contributed by atoms with E-state index in [1.165, 1.54) is 83.5 Å². The lowest BCUT2D eigenvalue weighted by atomic mass is 9.52. The van der Waals surface area contributed by atoms with Gasteiger partial charge in [0, 0.05) is 65.6 Å².